The van der Waals surface area contributed by atoms with Crippen molar-refractivity contribution in [2.75, 3.05) is 26.2 Å². The summed E-state index contributed by atoms with van der Waals surface area (Å²) in [6, 6.07) is 18.1. The molecule has 17 heteroatoms. The summed E-state index contributed by atoms with van der Waals surface area (Å²) in [5.74, 6) is -3.55. The van der Waals surface area contributed by atoms with Crippen LogP contribution in [0.5, 0.6) is 17.2 Å². The van der Waals surface area contributed by atoms with Crippen molar-refractivity contribution in [1.82, 2.24) is 24.6 Å². The van der Waals surface area contributed by atoms with Gasteiger partial charge in [-0.15, -0.1) is 0 Å². The highest BCUT2D eigenvalue weighted by Crippen LogP contribution is 2.39. The molecule has 6 rings (SSSR count). The summed E-state index contributed by atoms with van der Waals surface area (Å²) in [5.41, 5.74) is 1.34. The third kappa shape index (κ3) is 9.39. The summed E-state index contributed by atoms with van der Waals surface area (Å²) < 4.78 is 48.1. The van der Waals surface area contributed by atoms with Crippen LogP contribution in [0.3, 0.4) is 0 Å². The Hall–Kier alpha value is -5.63. The lowest BCUT2D eigenvalue weighted by molar-refractivity contribution is -0.155. The Morgan fingerprint density at radius 1 is 0.983 bits per heavy atom. The molecule has 3 heterocycles. The van der Waals surface area contributed by atoms with E-state index in [0.717, 1.165) is 21.5 Å². The molecule has 58 heavy (non-hydrogen) atoms. The van der Waals surface area contributed by atoms with Gasteiger partial charge in [0.2, 0.25) is 5.91 Å². The number of nitriles is 1. The molecule has 0 aliphatic carbocycles. The first-order valence-electron chi connectivity index (χ1n) is 18.2. The minimum atomic E-state index is -3.19. The van der Waals surface area contributed by atoms with Gasteiger partial charge in [-0.25, -0.2) is 23.4 Å². The largest absolute Gasteiger partial charge is 0.493 e. The zero-order valence-electron chi connectivity index (χ0n) is 31.8. The first-order chi connectivity index (χ1) is 27.7. The molecule has 5 aromatic rings. The number of hydrogen-bond acceptors (Lipinski definition) is 12. The number of fused-ring (bicyclic) bond motifs is 1. The van der Waals surface area contributed by atoms with Crippen molar-refractivity contribution < 1.29 is 37.7 Å². The van der Waals surface area contributed by atoms with Gasteiger partial charge in [0.1, 0.15) is 36.9 Å². The quantitative estimate of drug-likeness (QED) is 0.0624. The van der Waals surface area contributed by atoms with E-state index in [-0.39, 0.29) is 53.5 Å². The third-order valence-electron chi connectivity index (χ3n) is 9.88. The van der Waals surface area contributed by atoms with Crippen molar-refractivity contribution >= 4 is 45.9 Å². The van der Waals surface area contributed by atoms with Crippen molar-refractivity contribution in [3.63, 3.8) is 0 Å². The average Bonchev–Trinajstić information content (AvgIpc) is 3.21. The van der Waals surface area contributed by atoms with Crippen molar-refractivity contribution in [3.05, 3.63) is 111 Å². The summed E-state index contributed by atoms with van der Waals surface area (Å²) in [4.78, 5) is 47.0. The van der Waals surface area contributed by atoms with E-state index in [2.05, 4.69) is 21.1 Å². The van der Waals surface area contributed by atoms with Gasteiger partial charge in [0.25, 0.3) is 17.4 Å². The Morgan fingerprint density at radius 3 is 2.41 bits per heavy atom. The highest BCUT2D eigenvalue weighted by Gasteiger charge is 2.36. The molecule has 1 N–H and O–H groups in total. The highest BCUT2D eigenvalue weighted by molar-refractivity contribution is 7.98. The number of thioether (sulfide) groups is 1. The van der Waals surface area contributed by atoms with Gasteiger partial charge < -0.3 is 19.3 Å². The summed E-state index contributed by atoms with van der Waals surface area (Å²) in [5, 5.41) is 24.8. The number of ether oxygens (including phenoxy) is 3. The molecule has 1 atom stereocenters. The van der Waals surface area contributed by atoms with E-state index >= 15 is 0 Å². The van der Waals surface area contributed by atoms with E-state index in [1.807, 2.05) is 44.4 Å². The Bertz CT molecular complexity index is 2430. The molecular formula is C41H39ClF2N6O7S. The fourth-order valence-corrected chi connectivity index (χ4v) is 7.08. The van der Waals surface area contributed by atoms with E-state index in [9.17, 15) is 33.5 Å². The molecule has 0 spiro atoms. The number of nitrogens with zero attached hydrogens (tertiary/aromatic N) is 6. The van der Waals surface area contributed by atoms with E-state index in [1.165, 1.54) is 36.2 Å². The van der Waals surface area contributed by atoms with Crippen molar-refractivity contribution in [3.8, 4) is 23.3 Å². The molecular weight excluding hydrogens is 794 g/mol. The standard InChI is InChI=1S/C41H39ClF2N6O7S/c1-40(2,27-4-6-30(7-5-27)57-23-29-12-15-46-39(48-29)58-3)28-18-25(21-45)36(33(42)20-28)56-17-14-41(43,44)13-16-55-31-8-9-32-26(19-31)22-47-50(37(32)53)34-10-11-35(52)49(24-51)38(34)54/h4-9,12,15,18-20,22,34,51H,10-11,13-14,16-17,23-24H2,1-3H3. The van der Waals surface area contributed by atoms with Gasteiger partial charge in [-0.1, -0.05) is 49.3 Å². The van der Waals surface area contributed by atoms with Gasteiger partial charge >= 0.3 is 0 Å². The number of halogens is 3. The number of rotatable bonds is 16. The van der Waals surface area contributed by atoms with Gasteiger partial charge in [-0.3, -0.25) is 19.3 Å². The van der Waals surface area contributed by atoms with Crippen molar-refractivity contribution in [1.29, 1.82) is 5.26 Å². The lowest BCUT2D eigenvalue weighted by Crippen LogP contribution is -2.48. The average molecular weight is 833 g/mol. The first-order valence-corrected chi connectivity index (χ1v) is 19.8. The Labute approximate surface area is 341 Å². The first kappa shape index (κ1) is 42.0. The number of alkyl halides is 2. The number of benzene rings is 3. The Kier molecular flexibility index (Phi) is 12.9. The fraction of sp³-hybridized carbons (Fsp3) is 0.341. The maximum Gasteiger partial charge on any atom is 0.275 e. The molecule has 302 valence electrons. The van der Waals surface area contributed by atoms with E-state index in [0.29, 0.717) is 21.2 Å². The topological polar surface area (TPSA) is 170 Å². The SMILES string of the molecule is CSc1nccc(COc2ccc(C(C)(C)c3cc(Cl)c(OCCC(F)(F)CCOc4ccc5c(=O)n(C6CCC(=O)N(CO)C6=O)ncc5c4)c(C#N)c3)cc2)n1. The molecule has 13 nitrogen and oxygen atoms in total. The van der Waals surface area contributed by atoms with Gasteiger partial charge in [0.05, 0.1) is 41.1 Å². The minimum Gasteiger partial charge on any atom is -0.493 e. The second-order valence-electron chi connectivity index (χ2n) is 14.0. The summed E-state index contributed by atoms with van der Waals surface area (Å²) in [6.07, 6.45) is 3.64. The number of carbonyl (C=O) groups excluding carboxylic acids is 2. The van der Waals surface area contributed by atoms with Crippen LogP contribution in [0.25, 0.3) is 10.8 Å². The minimum absolute atomic E-state index is 0.0183. The highest BCUT2D eigenvalue weighted by atomic mass is 35.5. The van der Waals surface area contributed by atoms with Gasteiger partial charge in [0, 0.05) is 36.3 Å². The molecule has 1 saturated heterocycles. The zero-order valence-corrected chi connectivity index (χ0v) is 33.4. The second-order valence-corrected chi connectivity index (χ2v) is 15.2. The molecule has 0 radical (unpaired) electrons. The predicted octanol–water partition coefficient (Wildman–Crippen LogP) is 6.85. The molecule has 1 aliphatic rings. The van der Waals surface area contributed by atoms with Crippen LogP contribution < -0.4 is 19.8 Å². The van der Waals surface area contributed by atoms with Gasteiger partial charge in [-0.2, -0.15) is 10.4 Å². The maximum absolute atomic E-state index is 15.0. The van der Waals surface area contributed by atoms with Crippen molar-refractivity contribution in [2.45, 2.75) is 68.7 Å². The third-order valence-corrected chi connectivity index (χ3v) is 10.7. The number of imide groups is 1. The molecule has 1 unspecified atom stereocenters. The smallest absolute Gasteiger partial charge is 0.275 e. The molecule has 1 aliphatic heterocycles. The van der Waals surface area contributed by atoms with Gasteiger partial charge in [-0.05, 0) is 72.3 Å². The van der Waals surface area contributed by atoms with Crippen molar-refractivity contribution in [2.24, 2.45) is 0 Å². The number of likely N-dealkylation sites (tertiary alicyclic amines) is 1. The second kappa shape index (κ2) is 17.9. The Balaban J connectivity index is 1.02. The molecule has 1 fully saturated rings. The molecule has 0 bridgehead atoms. The number of carbonyl (C=O) groups is 2. The van der Waals surface area contributed by atoms with E-state index < -0.39 is 60.9 Å². The van der Waals surface area contributed by atoms with E-state index in [1.54, 1.807) is 24.4 Å². The number of aromatic nitrogens is 4. The van der Waals surface area contributed by atoms with Gasteiger partial charge in [0.15, 0.2) is 10.9 Å². The number of aliphatic hydroxyl groups excluding tert-OH is 1. The van der Waals surface area contributed by atoms with Crippen LogP contribution in [0.1, 0.15) is 68.0 Å². The van der Waals surface area contributed by atoms with E-state index in [4.69, 9.17) is 25.8 Å². The summed E-state index contributed by atoms with van der Waals surface area (Å²) >= 11 is 8.05. The maximum atomic E-state index is 15.0. The van der Waals surface area contributed by atoms with Crippen LogP contribution in [-0.4, -0.2) is 73.7 Å². The molecule has 3 aromatic carbocycles. The zero-order chi connectivity index (χ0) is 41.6. The van der Waals surface area contributed by atoms with Crippen LogP contribution in [0.15, 0.2) is 83.0 Å². The van der Waals surface area contributed by atoms with Crippen LogP contribution in [0.4, 0.5) is 8.78 Å². The summed E-state index contributed by atoms with van der Waals surface area (Å²) in [6.45, 7) is 2.67. The number of hydrogen-bond donors (Lipinski definition) is 1. The number of aliphatic hydroxyl groups is 1. The molecule has 2 amide bonds. The molecule has 0 saturated carbocycles. The molecule has 2 aromatic heterocycles. The lowest BCUT2D eigenvalue weighted by atomic mass is 9.77. The summed E-state index contributed by atoms with van der Waals surface area (Å²) in [7, 11) is 0. The number of amides is 2. The Morgan fingerprint density at radius 2 is 1.71 bits per heavy atom. The van der Waals surface area contributed by atoms with Crippen LogP contribution in [0.2, 0.25) is 5.02 Å². The lowest BCUT2D eigenvalue weighted by Gasteiger charge is -2.29. The monoisotopic (exact) mass is 832 g/mol. The van der Waals surface area contributed by atoms with Crippen LogP contribution in [0, 0.1) is 11.3 Å². The predicted molar refractivity (Wildman–Crippen MR) is 211 cm³/mol. The van der Waals surface area contributed by atoms with Crippen LogP contribution in [-0.2, 0) is 21.6 Å². The normalized spacial score (nSPS) is 14.7. The van der Waals surface area contributed by atoms with Crippen LogP contribution >= 0.6 is 23.4 Å². The number of piperidine rings is 1. The fourth-order valence-electron chi connectivity index (χ4n) is 6.43.